The molecule has 0 amide bonds. The van der Waals surface area contributed by atoms with Gasteiger partial charge in [0.15, 0.2) is 5.82 Å². The van der Waals surface area contributed by atoms with E-state index in [2.05, 4.69) is 15.5 Å². The first-order chi connectivity index (χ1) is 8.35. The number of benzene rings is 1. The third-order valence-electron chi connectivity index (χ3n) is 2.24. The molecule has 0 radical (unpaired) electrons. The molecule has 0 atom stereocenters. The summed E-state index contributed by atoms with van der Waals surface area (Å²) in [7, 11) is 0. The van der Waals surface area contributed by atoms with E-state index in [1.165, 1.54) is 0 Å². The molecular formula is C11H14N4O2. The average Bonchev–Trinajstić information content (AvgIpc) is 2.79. The second kappa shape index (κ2) is 5.40. The first kappa shape index (κ1) is 11.5. The number of tetrazole rings is 1. The van der Waals surface area contributed by atoms with Crippen LogP contribution in [0, 0.1) is 0 Å². The molecule has 90 valence electrons. The molecule has 6 heteroatoms. The van der Waals surface area contributed by atoms with Gasteiger partial charge in [0.1, 0.15) is 5.75 Å². The normalized spacial score (nSPS) is 10.5. The zero-order valence-corrected chi connectivity index (χ0v) is 9.58. The Bertz CT molecular complexity index is 484. The number of rotatable bonds is 5. The smallest absolute Gasteiger partial charge is 0.158 e. The van der Waals surface area contributed by atoms with Crippen LogP contribution in [0.5, 0.6) is 5.75 Å². The third kappa shape index (κ3) is 2.59. The summed E-state index contributed by atoms with van der Waals surface area (Å²) in [5.74, 6) is 1.40. The fourth-order valence-corrected chi connectivity index (χ4v) is 1.53. The zero-order valence-electron chi connectivity index (χ0n) is 9.58. The van der Waals surface area contributed by atoms with E-state index in [9.17, 15) is 0 Å². The molecule has 0 unspecified atom stereocenters. The van der Waals surface area contributed by atoms with Crippen LogP contribution in [0.15, 0.2) is 24.3 Å². The lowest BCUT2D eigenvalue weighted by Gasteiger charge is -2.06. The molecule has 0 aliphatic rings. The Morgan fingerprint density at radius 3 is 3.06 bits per heavy atom. The molecule has 0 aliphatic carbocycles. The van der Waals surface area contributed by atoms with Crippen molar-refractivity contribution in [2.75, 3.05) is 13.2 Å². The summed E-state index contributed by atoms with van der Waals surface area (Å²) in [6, 6.07) is 7.51. The summed E-state index contributed by atoms with van der Waals surface area (Å²) in [4.78, 5) is 0. The molecule has 1 heterocycles. The van der Waals surface area contributed by atoms with Gasteiger partial charge in [-0.25, -0.2) is 0 Å². The summed E-state index contributed by atoms with van der Waals surface area (Å²) < 4.78 is 7.01. The lowest BCUT2D eigenvalue weighted by atomic mass is 10.3. The summed E-state index contributed by atoms with van der Waals surface area (Å²) in [6.45, 7) is 2.56. The van der Waals surface area contributed by atoms with Gasteiger partial charge in [-0.2, -0.15) is 4.68 Å². The van der Waals surface area contributed by atoms with E-state index < -0.39 is 0 Å². The molecule has 0 saturated heterocycles. The molecule has 0 bridgehead atoms. The SMILES string of the molecule is CCOc1cccc(-n2nnnc2CCO)c1. The Morgan fingerprint density at radius 2 is 2.29 bits per heavy atom. The van der Waals surface area contributed by atoms with Crippen molar-refractivity contribution >= 4 is 0 Å². The second-order valence-electron chi connectivity index (χ2n) is 3.41. The first-order valence-corrected chi connectivity index (χ1v) is 5.46. The lowest BCUT2D eigenvalue weighted by Crippen LogP contribution is -2.05. The maximum absolute atomic E-state index is 8.91. The van der Waals surface area contributed by atoms with E-state index in [0.29, 0.717) is 18.9 Å². The highest BCUT2D eigenvalue weighted by Crippen LogP contribution is 2.16. The number of hydrogen-bond acceptors (Lipinski definition) is 5. The van der Waals surface area contributed by atoms with Gasteiger partial charge in [0.2, 0.25) is 0 Å². The average molecular weight is 234 g/mol. The molecule has 1 aromatic carbocycles. The van der Waals surface area contributed by atoms with Crippen molar-refractivity contribution in [3.63, 3.8) is 0 Å². The third-order valence-corrected chi connectivity index (χ3v) is 2.24. The fourth-order valence-electron chi connectivity index (χ4n) is 1.53. The van der Waals surface area contributed by atoms with Gasteiger partial charge in [-0.15, -0.1) is 5.10 Å². The number of hydrogen-bond donors (Lipinski definition) is 1. The van der Waals surface area contributed by atoms with Crippen LogP contribution in [0.1, 0.15) is 12.7 Å². The zero-order chi connectivity index (χ0) is 12.1. The molecule has 0 fully saturated rings. The molecule has 0 spiro atoms. The second-order valence-corrected chi connectivity index (χ2v) is 3.41. The van der Waals surface area contributed by atoms with E-state index in [1.54, 1.807) is 4.68 Å². The number of aliphatic hydroxyl groups excluding tert-OH is 1. The van der Waals surface area contributed by atoms with E-state index in [-0.39, 0.29) is 6.61 Å². The molecule has 1 aromatic heterocycles. The highest BCUT2D eigenvalue weighted by Gasteiger charge is 2.08. The van der Waals surface area contributed by atoms with E-state index in [1.807, 2.05) is 31.2 Å². The minimum absolute atomic E-state index is 0.0194. The van der Waals surface area contributed by atoms with Crippen LogP contribution in [0.4, 0.5) is 0 Å². The van der Waals surface area contributed by atoms with Crippen LogP contribution in [0.2, 0.25) is 0 Å². The van der Waals surface area contributed by atoms with Gasteiger partial charge in [0.05, 0.1) is 18.9 Å². The van der Waals surface area contributed by atoms with Gasteiger partial charge in [-0.05, 0) is 29.5 Å². The van der Waals surface area contributed by atoms with Crippen molar-refractivity contribution in [1.29, 1.82) is 0 Å². The quantitative estimate of drug-likeness (QED) is 0.820. The highest BCUT2D eigenvalue weighted by molar-refractivity contribution is 5.38. The van der Waals surface area contributed by atoms with Crippen molar-refractivity contribution < 1.29 is 9.84 Å². The van der Waals surface area contributed by atoms with Crippen LogP contribution < -0.4 is 4.74 Å². The number of aliphatic hydroxyl groups is 1. The minimum atomic E-state index is 0.0194. The Labute approximate surface area is 98.8 Å². The highest BCUT2D eigenvalue weighted by atomic mass is 16.5. The molecule has 17 heavy (non-hydrogen) atoms. The van der Waals surface area contributed by atoms with Crippen LogP contribution in [0.25, 0.3) is 5.69 Å². The molecule has 2 aromatic rings. The minimum Gasteiger partial charge on any atom is -0.494 e. The van der Waals surface area contributed by atoms with Crippen molar-refractivity contribution in [2.24, 2.45) is 0 Å². The van der Waals surface area contributed by atoms with Gasteiger partial charge in [0.25, 0.3) is 0 Å². The molecule has 1 N–H and O–H groups in total. The molecule has 2 rings (SSSR count). The Morgan fingerprint density at radius 1 is 1.41 bits per heavy atom. The van der Waals surface area contributed by atoms with Gasteiger partial charge in [-0.1, -0.05) is 6.07 Å². The van der Waals surface area contributed by atoms with Gasteiger partial charge >= 0.3 is 0 Å². The van der Waals surface area contributed by atoms with Crippen LogP contribution >= 0.6 is 0 Å². The van der Waals surface area contributed by atoms with E-state index >= 15 is 0 Å². The fraction of sp³-hybridized carbons (Fsp3) is 0.364. The molecule has 0 saturated carbocycles. The standard InChI is InChI=1S/C11H14N4O2/c1-2-17-10-5-3-4-9(8-10)15-11(6-7-16)12-13-14-15/h3-5,8,16H,2,6-7H2,1H3. The Balaban J connectivity index is 2.31. The number of nitrogens with zero attached hydrogens (tertiary/aromatic N) is 4. The Hall–Kier alpha value is -1.95. The molecule has 0 aliphatic heterocycles. The number of aromatic nitrogens is 4. The predicted octanol–water partition coefficient (Wildman–Crippen LogP) is 0.596. The van der Waals surface area contributed by atoms with Gasteiger partial charge in [0, 0.05) is 12.5 Å². The summed E-state index contributed by atoms with van der Waals surface area (Å²) >= 11 is 0. The van der Waals surface area contributed by atoms with Crippen molar-refractivity contribution in [3.8, 4) is 11.4 Å². The maximum atomic E-state index is 8.91. The van der Waals surface area contributed by atoms with Gasteiger partial charge < -0.3 is 9.84 Å². The summed E-state index contributed by atoms with van der Waals surface area (Å²) in [5, 5.41) is 20.3. The predicted molar refractivity (Wildman–Crippen MR) is 61.1 cm³/mol. The van der Waals surface area contributed by atoms with Crippen LogP contribution in [-0.2, 0) is 6.42 Å². The molecular weight excluding hydrogens is 220 g/mol. The van der Waals surface area contributed by atoms with Crippen molar-refractivity contribution in [2.45, 2.75) is 13.3 Å². The number of ether oxygens (including phenoxy) is 1. The summed E-state index contributed by atoms with van der Waals surface area (Å²) in [5.41, 5.74) is 0.824. The monoisotopic (exact) mass is 234 g/mol. The van der Waals surface area contributed by atoms with Crippen molar-refractivity contribution in [1.82, 2.24) is 20.2 Å². The molecule has 6 nitrogen and oxygen atoms in total. The Kier molecular flexibility index (Phi) is 3.66. The first-order valence-electron chi connectivity index (χ1n) is 5.46. The van der Waals surface area contributed by atoms with Gasteiger partial charge in [-0.3, -0.25) is 0 Å². The summed E-state index contributed by atoms with van der Waals surface area (Å²) in [6.07, 6.45) is 0.422. The van der Waals surface area contributed by atoms with Crippen LogP contribution in [0.3, 0.4) is 0 Å². The van der Waals surface area contributed by atoms with E-state index in [4.69, 9.17) is 9.84 Å². The largest absolute Gasteiger partial charge is 0.494 e. The van der Waals surface area contributed by atoms with E-state index in [0.717, 1.165) is 11.4 Å². The van der Waals surface area contributed by atoms with Crippen LogP contribution in [-0.4, -0.2) is 38.5 Å². The van der Waals surface area contributed by atoms with Crippen molar-refractivity contribution in [3.05, 3.63) is 30.1 Å². The maximum Gasteiger partial charge on any atom is 0.158 e. The lowest BCUT2D eigenvalue weighted by molar-refractivity contribution is 0.295. The topological polar surface area (TPSA) is 73.1 Å².